The molecule has 1 fully saturated rings. The van der Waals surface area contributed by atoms with Gasteiger partial charge in [-0.3, -0.25) is 4.79 Å². The fourth-order valence-corrected chi connectivity index (χ4v) is 4.57. The highest BCUT2D eigenvalue weighted by atomic mass is 32.2. The first-order valence-corrected chi connectivity index (χ1v) is 11.2. The van der Waals surface area contributed by atoms with Crippen LogP contribution in [0.5, 0.6) is 0 Å². The molecule has 0 aliphatic heterocycles. The number of anilines is 1. The molecule has 154 valence electrons. The van der Waals surface area contributed by atoms with E-state index in [2.05, 4.69) is 16.4 Å². The summed E-state index contributed by atoms with van der Waals surface area (Å²) in [5, 5.41) is 14.0. The Balaban J connectivity index is 2.01. The summed E-state index contributed by atoms with van der Waals surface area (Å²) in [5.74, 6) is -0.00303. The van der Waals surface area contributed by atoms with Gasteiger partial charge in [-0.1, -0.05) is 19.3 Å². The third-order valence-corrected chi connectivity index (χ3v) is 6.18. The SMILES string of the molecule is CSc1nc(C)c2c(=O)n(-c3ccc(F)cc3)c(NC3CCCCC3)nc2c1C#N. The molecule has 6 nitrogen and oxygen atoms in total. The molecule has 3 aromatic rings. The number of halogens is 1. The van der Waals surface area contributed by atoms with Crippen molar-refractivity contribution in [2.45, 2.75) is 50.1 Å². The molecule has 8 heteroatoms. The van der Waals surface area contributed by atoms with Crippen molar-refractivity contribution in [3.63, 3.8) is 0 Å². The lowest BCUT2D eigenvalue weighted by Crippen LogP contribution is -2.30. The number of hydrogen-bond donors (Lipinski definition) is 1. The number of aromatic nitrogens is 3. The first-order chi connectivity index (χ1) is 14.5. The van der Waals surface area contributed by atoms with E-state index in [1.54, 1.807) is 19.1 Å². The summed E-state index contributed by atoms with van der Waals surface area (Å²) in [6, 6.07) is 8.12. The van der Waals surface area contributed by atoms with Crippen LogP contribution >= 0.6 is 11.8 Å². The second-order valence-corrected chi connectivity index (χ2v) is 8.24. The molecule has 2 heterocycles. The van der Waals surface area contributed by atoms with Crippen LogP contribution in [0.3, 0.4) is 0 Å². The molecule has 1 aliphatic carbocycles. The third kappa shape index (κ3) is 3.65. The van der Waals surface area contributed by atoms with Crippen molar-refractivity contribution in [1.29, 1.82) is 5.26 Å². The van der Waals surface area contributed by atoms with Gasteiger partial charge >= 0.3 is 0 Å². The van der Waals surface area contributed by atoms with Crippen molar-refractivity contribution in [3.05, 3.63) is 51.7 Å². The van der Waals surface area contributed by atoms with E-state index < -0.39 is 0 Å². The van der Waals surface area contributed by atoms with Gasteiger partial charge in [-0.05, 0) is 50.3 Å². The molecule has 0 bridgehead atoms. The summed E-state index contributed by atoms with van der Waals surface area (Å²) in [6.07, 6.45) is 7.27. The maximum absolute atomic E-state index is 13.6. The maximum Gasteiger partial charge on any atom is 0.269 e. The smallest absolute Gasteiger partial charge is 0.269 e. The Morgan fingerprint density at radius 1 is 1.20 bits per heavy atom. The summed E-state index contributed by atoms with van der Waals surface area (Å²) in [6.45, 7) is 1.75. The molecule has 0 amide bonds. The van der Waals surface area contributed by atoms with Crippen LogP contribution in [-0.2, 0) is 0 Å². The first-order valence-electron chi connectivity index (χ1n) is 9.97. The Labute approximate surface area is 178 Å². The molecule has 0 radical (unpaired) electrons. The van der Waals surface area contributed by atoms with E-state index in [4.69, 9.17) is 4.98 Å². The van der Waals surface area contributed by atoms with Crippen LogP contribution in [0.15, 0.2) is 34.1 Å². The van der Waals surface area contributed by atoms with E-state index in [1.165, 1.54) is 34.9 Å². The van der Waals surface area contributed by atoms with Gasteiger partial charge in [-0.25, -0.2) is 18.9 Å². The van der Waals surface area contributed by atoms with Crippen molar-refractivity contribution >= 4 is 28.6 Å². The highest BCUT2D eigenvalue weighted by Crippen LogP contribution is 2.28. The Kier molecular flexibility index (Phi) is 5.73. The van der Waals surface area contributed by atoms with Gasteiger partial charge < -0.3 is 5.32 Å². The van der Waals surface area contributed by atoms with Crippen LogP contribution in [0.25, 0.3) is 16.6 Å². The van der Waals surface area contributed by atoms with Crippen molar-refractivity contribution in [2.75, 3.05) is 11.6 Å². The van der Waals surface area contributed by atoms with Crippen LogP contribution in [0.1, 0.15) is 43.4 Å². The van der Waals surface area contributed by atoms with Crippen molar-refractivity contribution in [3.8, 4) is 11.8 Å². The summed E-state index contributed by atoms with van der Waals surface area (Å²) < 4.78 is 15.0. The molecular weight excluding hydrogens is 401 g/mol. The van der Waals surface area contributed by atoms with Crippen LogP contribution in [-0.4, -0.2) is 26.8 Å². The number of fused-ring (bicyclic) bond motifs is 1. The number of nitrogens with one attached hydrogen (secondary N) is 1. The molecule has 0 saturated heterocycles. The van der Waals surface area contributed by atoms with Gasteiger partial charge in [0.1, 0.15) is 28.0 Å². The predicted octanol–water partition coefficient (Wildman–Crippen LogP) is 4.57. The summed E-state index contributed by atoms with van der Waals surface area (Å²) in [5.41, 5.74) is 1.38. The number of pyridine rings is 1. The van der Waals surface area contributed by atoms with E-state index in [0.717, 1.165) is 25.7 Å². The Bertz CT molecular complexity index is 1190. The summed E-state index contributed by atoms with van der Waals surface area (Å²) in [7, 11) is 0. The Hall–Kier alpha value is -2.92. The number of benzene rings is 1. The largest absolute Gasteiger partial charge is 0.353 e. The average Bonchev–Trinajstić information content (AvgIpc) is 2.75. The van der Waals surface area contributed by atoms with Gasteiger partial charge in [0, 0.05) is 6.04 Å². The molecule has 1 aromatic carbocycles. The number of hydrogen-bond acceptors (Lipinski definition) is 6. The predicted molar refractivity (Wildman–Crippen MR) is 117 cm³/mol. The fourth-order valence-electron chi connectivity index (χ4n) is 4.00. The highest BCUT2D eigenvalue weighted by Gasteiger charge is 2.22. The topological polar surface area (TPSA) is 83.6 Å². The molecule has 1 N–H and O–H groups in total. The zero-order valence-electron chi connectivity index (χ0n) is 16.9. The standard InChI is InChI=1S/C22H22FN5OS/c1-13-18-19(17(12-24)20(25-13)30-2)27-22(26-15-6-4-3-5-7-15)28(21(18)29)16-10-8-14(23)9-11-16/h8-11,15H,3-7H2,1-2H3,(H,26,27). The Morgan fingerprint density at radius 3 is 2.53 bits per heavy atom. The van der Waals surface area contributed by atoms with Crippen LogP contribution in [0.2, 0.25) is 0 Å². The van der Waals surface area contributed by atoms with E-state index in [-0.39, 0.29) is 17.4 Å². The summed E-state index contributed by atoms with van der Waals surface area (Å²) in [4.78, 5) is 22.8. The van der Waals surface area contributed by atoms with Crippen LogP contribution < -0.4 is 10.9 Å². The summed E-state index contributed by atoms with van der Waals surface area (Å²) >= 11 is 1.35. The quantitative estimate of drug-likeness (QED) is 0.619. The minimum atomic E-state index is -0.378. The lowest BCUT2D eigenvalue weighted by Gasteiger charge is -2.25. The van der Waals surface area contributed by atoms with E-state index in [9.17, 15) is 14.4 Å². The molecular formula is C22H22FN5OS. The maximum atomic E-state index is 13.6. The minimum Gasteiger partial charge on any atom is -0.353 e. The van der Waals surface area contributed by atoms with Crippen molar-refractivity contribution in [1.82, 2.24) is 14.5 Å². The number of rotatable bonds is 4. The van der Waals surface area contributed by atoms with Gasteiger partial charge in [0.15, 0.2) is 0 Å². The van der Waals surface area contributed by atoms with E-state index in [0.29, 0.717) is 38.8 Å². The van der Waals surface area contributed by atoms with Crippen molar-refractivity contribution in [2.24, 2.45) is 0 Å². The number of aryl methyl sites for hydroxylation is 1. The molecule has 0 unspecified atom stereocenters. The average molecular weight is 424 g/mol. The lowest BCUT2D eigenvalue weighted by atomic mass is 9.96. The number of nitriles is 1. The molecule has 0 atom stereocenters. The third-order valence-electron chi connectivity index (χ3n) is 5.49. The molecule has 1 saturated carbocycles. The fraction of sp³-hybridized carbons (Fsp3) is 0.364. The molecule has 0 spiro atoms. The zero-order chi connectivity index (χ0) is 21.3. The molecule has 1 aliphatic rings. The second-order valence-electron chi connectivity index (χ2n) is 7.45. The van der Waals surface area contributed by atoms with Gasteiger partial charge in [-0.15, -0.1) is 11.8 Å². The molecule has 30 heavy (non-hydrogen) atoms. The van der Waals surface area contributed by atoms with Crippen molar-refractivity contribution < 1.29 is 4.39 Å². The van der Waals surface area contributed by atoms with Gasteiger partial charge in [0.2, 0.25) is 5.95 Å². The first kappa shape index (κ1) is 20.4. The number of nitrogens with zero attached hydrogens (tertiary/aromatic N) is 4. The second kappa shape index (κ2) is 8.44. The number of thioether (sulfide) groups is 1. The van der Waals surface area contributed by atoms with Gasteiger partial charge in [0.25, 0.3) is 5.56 Å². The van der Waals surface area contributed by atoms with E-state index >= 15 is 0 Å². The molecule has 2 aromatic heterocycles. The van der Waals surface area contributed by atoms with E-state index in [1.807, 2.05) is 6.26 Å². The minimum absolute atomic E-state index is 0.197. The molecule has 4 rings (SSSR count). The monoisotopic (exact) mass is 423 g/mol. The van der Waals surface area contributed by atoms with Crippen LogP contribution in [0, 0.1) is 24.1 Å². The van der Waals surface area contributed by atoms with Gasteiger partial charge in [-0.2, -0.15) is 5.26 Å². The highest BCUT2D eigenvalue weighted by molar-refractivity contribution is 7.98. The zero-order valence-corrected chi connectivity index (χ0v) is 17.7. The lowest BCUT2D eigenvalue weighted by molar-refractivity contribution is 0.460. The van der Waals surface area contributed by atoms with Gasteiger partial charge in [0.05, 0.1) is 16.8 Å². The van der Waals surface area contributed by atoms with Crippen LogP contribution in [0.4, 0.5) is 10.3 Å². The normalized spacial score (nSPS) is 14.6. The Morgan fingerprint density at radius 2 is 1.90 bits per heavy atom.